The fourth-order valence-electron chi connectivity index (χ4n) is 2.71. The van der Waals surface area contributed by atoms with Gasteiger partial charge in [0.2, 0.25) is 0 Å². The third-order valence-electron chi connectivity index (χ3n) is 3.76. The molecule has 0 aromatic rings. The molecule has 2 nitrogen and oxygen atoms in total. The average Bonchev–Trinajstić information content (AvgIpc) is 2.72. The van der Waals surface area contributed by atoms with Gasteiger partial charge in [-0.1, -0.05) is 0 Å². The molecule has 0 amide bonds. The molecule has 0 bridgehead atoms. The second-order valence-corrected chi connectivity index (χ2v) is 4.69. The van der Waals surface area contributed by atoms with Crippen LogP contribution in [0.1, 0.15) is 32.6 Å². The minimum atomic E-state index is -1.04. The van der Waals surface area contributed by atoms with E-state index >= 15 is 0 Å². The zero-order chi connectivity index (χ0) is 10.0. The van der Waals surface area contributed by atoms with Gasteiger partial charge in [-0.2, -0.15) is 0 Å². The minimum Gasteiger partial charge on any atom is -0.381 e. The Hall–Kier alpha value is -0.150. The molecule has 14 heavy (non-hydrogen) atoms. The zero-order valence-corrected chi connectivity index (χ0v) is 8.89. The Morgan fingerprint density at radius 1 is 1.29 bits per heavy atom. The van der Waals surface area contributed by atoms with E-state index in [0.29, 0.717) is 0 Å². The maximum Gasteiger partial charge on any atom is 0.126 e. The van der Waals surface area contributed by atoms with Crippen molar-refractivity contribution in [3.8, 4) is 0 Å². The summed E-state index contributed by atoms with van der Waals surface area (Å²) in [7, 11) is 0. The Kier molecular flexibility index (Phi) is 3.07. The van der Waals surface area contributed by atoms with Crippen LogP contribution in [0.5, 0.6) is 0 Å². The first-order valence-corrected chi connectivity index (χ1v) is 5.71. The highest BCUT2D eigenvalue weighted by molar-refractivity contribution is 4.96. The molecule has 0 aliphatic carbocycles. The molecule has 3 heteroatoms. The molecule has 0 spiro atoms. The second-order valence-electron chi connectivity index (χ2n) is 4.69. The predicted octanol–water partition coefficient (Wildman–Crippen LogP) is 1.89. The van der Waals surface area contributed by atoms with Crippen LogP contribution in [0.15, 0.2) is 0 Å². The van der Waals surface area contributed by atoms with Crippen molar-refractivity contribution in [2.75, 3.05) is 19.8 Å². The number of nitrogens with one attached hydrogen (secondary N) is 1. The van der Waals surface area contributed by atoms with Crippen molar-refractivity contribution in [2.24, 2.45) is 5.92 Å². The number of hydrogen-bond acceptors (Lipinski definition) is 2. The van der Waals surface area contributed by atoms with Crippen LogP contribution in [-0.2, 0) is 4.74 Å². The van der Waals surface area contributed by atoms with Gasteiger partial charge in [-0.05, 0) is 45.1 Å². The van der Waals surface area contributed by atoms with E-state index in [4.69, 9.17) is 4.74 Å². The van der Waals surface area contributed by atoms with Gasteiger partial charge in [0.05, 0.1) is 0 Å². The first-order chi connectivity index (χ1) is 6.71. The second kappa shape index (κ2) is 4.15. The molecule has 2 atom stereocenters. The molecule has 0 aromatic heterocycles. The highest BCUT2D eigenvalue weighted by Gasteiger charge is 2.43. The van der Waals surface area contributed by atoms with Gasteiger partial charge >= 0.3 is 0 Å². The lowest BCUT2D eigenvalue weighted by molar-refractivity contribution is -0.0183. The van der Waals surface area contributed by atoms with Gasteiger partial charge in [0, 0.05) is 19.3 Å². The third kappa shape index (κ3) is 1.94. The molecule has 0 unspecified atom stereocenters. The van der Waals surface area contributed by atoms with Crippen LogP contribution in [-0.4, -0.2) is 31.5 Å². The Labute approximate surface area is 85.2 Å². The maximum absolute atomic E-state index is 14.6. The van der Waals surface area contributed by atoms with Gasteiger partial charge < -0.3 is 10.1 Å². The van der Waals surface area contributed by atoms with Gasteiger partial charge in [-0.15, -0.1) is 0 Å². The maximum atomic E-state index is 14.6. The van der Waals surface area contributed by atoms with E-state index < -0.39 is 5.67 Å². The summed E-state index contributed by atoms with van der Waals surface area (Å²) in [5.74, 6) is 0.187. The van der Waals surface area contributed by atoms with E-state index in [1.54, 1.807) is 6.92 Å². The van der Waals surface area contributed by atoms with Crippen LogP contribution in [0, 0.1) is 5.92 Å². The summed E-state index contributed by atoms with van der Waals surface area (Å²) in [6.45, 7) is 4.22. The van der Waals surface area contributed by atoms with Crippen LogP contribution in [0.25, 0.3) is 0 Å². The van der Waals surface area contributed by atoms with Crippen molar-refractivity contribution in [2.45, 2.75) is 44.3 Å². The predicted molar refractivity (Wildman–Crippen MR) is 54.1 cm³/mol. The molecule has 0 aromatic carbocycles. The Balaban J connectivity index is 1.97. The van der Waals surface area contributed by atoms with Crippen LogP contribution in [0.2, 0.25) is 0 Å². The van der Waals surface area contributed by atoms with Crippen LogP contribution in [0.3, 0.4) is 0 Å². The van der Waals surface area contributed by atoms with E-state index in [1.807, 2.05) is 0 Å². The summed E-state index contributed by atoms with van der Waals surface area (Å²) >= 11 is 0. The molecule has 2 aliphatic heterocycles. The van der Waals surface area contributed by atoms with Crippen molar-refractivity contribution >= 4 is 0 Å². The summed E-state index contributed by atoms with van der Waals surface area (Å²) < 4.78 is 19.8. The molecule has 0 radical (unpaired) electrons. The molecule has 1 N–H and O–H groups in total. The molecule has 2 aliphatic rings. The first kappa shape index (κ1) is 10.4. The molecule has 2 saturated heterocycles. The van der Waals surface area contributed by atoms with Crippen molar-refractivity contribution in [1.82, 2.24) is 5.32 Å². The first-order valence-electron chi connectivity index (χ1n) is 5.71. The largest absolute Gasteiger partial charge is 0.381 e. The third-order valence-corrected chi connectivity index (χ3v) is 3.76. The Morgan fingerprint density at radius 2 is 2.00 bits per heavy atom. The fourth-order valence-corrected chi connectivity index (χ4v) is 2.71. The monoisotopic (exact) mass is 201 g/mol. The summed E-state index contributed by atoms with van der Waals surface area (Å²) in [6, 6.07) is 0.0746. The number of ether oxygens (including phenoxy) is 1. The molecule has 2 fully saturated rings. The lowest BCUT2D eigenvalue weighted by atomic mass is 9.79. The van der Waals surface area contributed by atoms with Crippen LogP contribution in [0.4, 0.5) is 4.39 Å². The van der Waals surface area contributed by atoms with Crippen molar-refractivity contribution in [3.63, 3.8) is 0 Å². The quantitative estimate of drug-likeness (QED) is 0.736. The van der Waals surface area contributed by atoms with E-state index in [9.17, 15) is 4.39 Å². The molecular formula is C11H20FNO. The Bertz CT molecular complexity index is 184. The van der Waals surface area contributed by atoms with E-state index in [1.165, 1.54) is 0 Å². The summed E-state index contributed by atoms with van der Waals surface area (Å²) in [5, 5.41) is 3.28. The molecular weight excluding hydrogens is 181 g/mol. The van der Waals surface area contributed by atoms with Gasteiger partial charge in [0.15, 0.2) is 0 Å². The lowest BCUT2D eigenvalue weighted by Gasteiger charge is -2.37. The van der Waals surface area contributed by atoms with E-state index in [2.05, 4.69) is 5.32 Å². The zero-order valence-electron chi connectivity index (χ0n) is 8.89. The smallest absolute Gasteiger partial charge is 0.126 e. The topological polar surface area (TPSA) is 21.3 Å². The van der Waals surface area contributed by atoms with Crippen molar-refractivity contribution < 1.29 is 9.13 Å². The molecule has 82 valence electrons. The standard InChI is InChI=1S/C11H20FNO/c1-11(12,10-3-2-6-13-10)9-4-7-14-8-5-9/h9-10,13H,2-8H2,1H3/t10-,11-/m1/s1. The van der Waals surface area contributed by atoms with E-state index in [0.717, 1.165) is 45.4 Å². The number of alkyl halides is 1. The normalized spacial score (nSPS) is 34.3. The highest BCUT2D eigenvalue weighted by atomic mass is 19.1. The van der Waals surface area contributed by atoms with E-state index in [-0.39, 0.29) is 12.0 Å². The van der Waals surface area contributed by atoms with Gasteiger partial charge in [-0.25, -0.2) is 4.39 Å². The molecule has 2 heterocycles. The van der Waals surface area contributed by atoms with Crippen molar-refractivity contribution in [3.05, 3.63) is 0 Å². The number of rotatable bonds is 2. The van der Waals surface area contributed by atoms with Crippen LogP contribution >= 0.6 is 0 Å². The Morgan fingerprint density at radius 3 is 2.57 bits per heavy atom. The van der Waals surface area contributed by atoms with Gasteiger partial charge in [0.25, 0.3) is 0 Å². The van der Waals surface area contributed by atoms with Gasteiger partial charge in [0.1, 0.15) is 5.67 Å². The lowest BCUT2D eigenvalue weighted by Crippen LogP contribution is -2.48. The SMILES string of the molecule is C[C@@](F)(C1CCOCC1)[C@H]1CCCN1. The minimum absolute atomic E-state index is 0.0746. The fraction of sp³-hybridized carbons (Fsp3) is 1.00. The van der Waals surface area contributed by atoms with Crippen molar-refractivity contribution in [1.29, 1.82) is 0 Å². The summed E-state index contributed by atoms with van der Waals surface area (Å²) in [4.78, 5) is 0. The molecule has 0 saturated carbocycles. The molecule has 2 rings (SSSR count). The summed E-state index contributed by atoms with van der Waals surface area (Å²) in [5.41, 5.74) is -1.04. The van der Waals surface area contributed by atoms with Crippen LogP contribution < -0.4 is 5.32 Å². The highest BCUT2D eigenvalue weighted by Crippen LogP contribution is 2.36. The average molecular weight is 201 g/mol. The summed E-state index contributed by atoms with van der Waals surface area (Å²) in [6.07, 6.45) is 3.87. The number of halogens is 1. The number of hydrogen-bond donors (Lipinski definition) is 1. The van der Waals surface area contributed by atoms with Gasteiger partial charge in [-0.3, -0.25) is 0 Å².